The molecule has 20 heavy (non-hydrogen) atoms. The molecule has 0 saturated heterocycles. The monoisotopic (exact) mass is 271 g/mol. The van der Waals surface area contributed by atoms with E-state index in [0.29, 0.717) is 18.5 Å². The van der Waals surface area contributed by atoms with Crippen LogP contribution in [0, 0.1) is 11.7 Å². The molecule has 0 heterocycles. The molecular weight excluding hydrogens is 249 g/mol. The Bertz CT molecular complexity index is 522. The summed E-state index contributed by atoms with van der Waals surface area (Å²) in [5.74, 6) is 0.435. The number of benzene rings is 2. The maximum atomic E-state index is 13.2. The molecule has 2 aromatic rings. The number of halogens is 1. The van der Waals surface area contributed by atoms with Gasteiger partial charge in [-0.05, 0) is 35.6 Å². The molecule has 0 amide bonds. The van der Waals surface area contributed by atoms with E-state index in [9.17, 15) is 4.39 Å². The Kier molecular flexibility index (Phi) is 5.31. The quantitative estimate of drug-likeness (QED) is 0.802. The van der Waals surface area contributed by atoms with Gasteiger partial charge in [-0.2, -0.15) is 0 Å². The molecule has 0 spiro atoms. The van der Waals surface area contributed by atoms with Gasteiger partial charge in [-0.25, -0.2) is 4.39 Å². The molecule has 0 aliphatic carbocycles. The molecule has 2 rings (SSSR count). The number of nitrogens with one attached hydrogen (secondary N) is 1. The third-order valence-corrected chi connectivity index (χ3v) is 3.35. The van der Waals surface area contributed by atoms with E-state index in [1.165, 1.54) is 11.6 Å². The molecule has 1 N–H and O–H groups in total. The van der Waals surface area contributed by atoms with Crippen LogP contribution in [0.15, 0.2) is 54.6 Å². The average Bonchev–Trinajstić information content (AvgIpc) is 2.44. The van der Waals surface area contributed by atoms with Crippen molar-refractivity contribution in [1.82, 2.24) is 5.32 Å². The summed E-state index contributed by atoms with van der Waals surface area (Å²) in [6.07, 6.45) is 1.07. The van der Waals surface area contributed by atoms with E-state index >= 15 is 0 Å². The van der Waals surface area contributed by atoms with Crippen molar-refractivity contribution in [2.75, 3.05) is 0 Å². The van der Waals surface area contributed by atoms with Crippen LogP contribution >= 0.6 is 0 Å². The Morgan fingerprint density at radius 1 is 1.00 bits per heavy atom. The predicted octanol–water partition coefficient (Wildman–Crippen LogP) is 4.70. The van der Waals surface area contributed by atoms with Crippen molar-refractivity contribution in [1.29, 1.82) is 0 Å². The third kappa shape index (κ3) is 4.46. The highest BCUT2D eigenvalue weighted by atomic mass is 19.1. The van der Waals surface area contributed by atoms with Crippen LogP contribution < -0.4 is 5.32 Å². The van der Waals surface area contributed by atoms with Gasteiger partial charge in [0.05, 0.1) is 0 Å². The highest BCUT2D eigenvalue weighted by molar-refractivity contribution is 5.20. The van der Waals surface area contributed by atoms with Gasteiger partial charge in [0.1, 0.15) is 5.82 Å². The van der Waals surface area contributed by atoms with Crippen LogP contribution in [-0.2, 0) is 6.54 Å². The molecule has 1 nitrogen and oxygen atoms in total. The SMILES string of the molecule is CC(C)CC(NCc1cccc(F)c1)c1ccccc1. The second-order valence-corrected chi connectivity index (χ2v) is 5.60. The normalized spacial score (nSPS) is 12.6. The van der Waals surface area contributed by atoms with Crippen LogP contribution in [0.5, 0.6) is 0 Å². The van der Waals surface area contributed by atoms with Crippen LogP contribution in [0.4, 0.5) is 4.39 Å². The van der Waals surface area contributed by atoms with Crippen molar-refractivity contribution in [3.8, 4) is 0 Å². The van der Waals surface area contributed by atoms with Crippen molar-refractivity contribution >= 4 is 0 Å². The highest BCUT2D eigenvalue weighted by Gasteiger charge is 2.12. The Hall–Kier alpha value is -1.67. The van der Waals surface area contributed by atoms with Gasteiger partial charge in [0.25, 0.3) is 0 Å². The van der Waals surface area contributed by atoms with Gasteiger partial charge in [-0.15, -0.1) is 0 Å². The second kappa shape index (κ2) is 7.20. The Balaban J connectivity index is 2.05. The summed E-state index contributed by atoms with van der Waals surface area (Å²) in [6.45, 7) is 5.13. The minimum absolute atomic E-state index is 0.176. The molecule has 106 valence electrons. The van der Waals surface area contributed by atoms with E-state index in [1.807, 2.05) is 12.1 Å². The van der Waals surface area contributed by atoms with Crippen molar-refractivity contribution in [2.24, 2.45) is 5.92 Å². The molecule has 2 heteroatoms. The first-order valence-electron chi connectivity index (χ1n) is 7.18. The molecule has 0 aromatic heterocycles. The highest BCUT2D eigenvalue weighted by Crippen LogP contribution is 2.21. The molecule has 2 aromatic carbocycles. The molecule has 0 fully saturated rings. The zero-order chi connectivity index (χ0) is 14.4. The summed E-state index contributed by atoms with van der Waals surface area (Å²) < 4.78 is 13.2. The van der Waals surface area contributed by atoms with Crippen LogP contribution in [0.3, 0.4) is 0 Å². The largest absolute Gasteiger partial charge is 0.306 e. The molecule has 0 radical (unpaired) electrons. The fourth-order valence-electron chi connectivity index (χ4n) is 2.38. The topological polar surface area (TPSA) is 12.0 Å². The van der Waals surface area contributed by atoms with Gasteiger partial charge < -0.3 is 5.32 Å². The van der Waals surface area contributed by atoms with Crippen LogP contribution in [0.2, 0.25) is 0 Å². The van der Waals surface area contributed by atoms with E-state index in [1.54, 1.807) is 12.1 Å². The van der Waals surface area contributed by atoms with Gasteiger partial charge >= 0.3 is 0 Å². The number of hydrogen-bond donors (Lipinski definition) is 1. The Morgan fingerprint density at radius 3 is 2.40 bits per heavy atom. The molecule has 0 saturated carbocycles. The Morgan fingerprint density at radius 2 is 1.75 bits per heavy atom. The van der Waals surface area contributed by atoms with Crippen LogP contribution in [0.25, 0.3) is 0 Å². The van der Waals surface area contributed by atoms with Gasteiger partial charge in [0.2, 0.25) is 0 Å². The summed E-state index contributed by atoms with van der Waals surface area (Å²) in [7, 11) is 0. The van der Waals surface area contributed by atoms with Gasteiger partial charge in [0, 0.05) is 12.6 Å². The molecule has 1 atom stereocenters. The van der Waals surface area contributed by atoms with E-state index in [2.05, 4.69) is 43.4 Å². The lowest BCUT2D eigenvalue weighted by Crippen LogP contribution is -2.22. The van der Waals surface area contributed by atoms with Crippen LogP contribution in [0.1, 0.15) is 37.4 Å². The zero-order valence-corrected chi connectivity index (χ0v) is 12.1. The average molecular weight is 271 g/mol. The minimum Gasteiger partial charge on any atom is -0.306 e. The first kappa shape index (κ1) is 14.7. The standard InChI is InChI=1S/C18H22FN/c1-14(2)11-18(16-8-4-3-5-9-16)20-13-15-7-6-10-17(19)12-15/h3-10,12,14,18,20H,11,13H2,1-2H3. The smallest absolute Gasteiger partial charge is 0.123 e. The summed E-state index contributed by atoms with van der Waals surface area (Å²) in [4.78, 5) is 0. The lowest BCUT2D eigenvalue weighted by molar-refractivity contribution is 0.428. The summed E-state index contributed by atoms with van der Waals surface area (Å²) in [6, 6.07) is 17.5. The summed E-state index contributed by atoms with van der Waals surface area (Å²) in [5, 5.41) is 3.54. The van der Waals surface area contributed by atoms with Gasteiger partial charge in [-0.3, -0.25) is 0 Å². The molecular formula is C18H22FN. The van der Waals surface area contributed by atoms with E-state index in [-0.39, 0.29) is 5.82 Å². The number of hydrogen-bond acceptors (Lipinski definition) is 1. The van der Waals surface area contributed by atoms with E-state index in [0.717, 1.165) is 12.0 Å². The minimum atomic E-state index is -0.176. The molecule has 0 aliphatic rings. The maximum Gasteiger partial charge on any atom is 0.123 e. The van der Waals surface area contributed by atoms with Gasteiger partial charge in [-0.1, -0.05) is 56.3 Å². The molecule has 1 unspecified atom stereocenters. The Labute approximate surface area is 120 Å². The zero-order valence-electron chi connectivity index (χ0n) is 12.1. The number of rotatable bonds is 6. The fraction of sp³-hybridized carbons (Fsp3) is 0.333. The van der Waals surface area contributed by atoms with Crippen molar-refractivity contribution in [3.63, 3.8) is 0 Å². The lowest BCUT2D eigenvalue weighted by Gasteiger charge is -2.21. The van der Waals surface area contributed by atoms with Crippen molar-refractivity contribution in [3.05, 3.63) is 71.5 Å². The predicted molar refractivity (Wildman–Crippen MR) is 81.9 cm³/mol. The first-order valence-corrected chi connectivity index (χ1v) is 7.18. The maximum absolute atomic E-state index is 13.2. The van der Waals surface area contributed by atoms with E-state index < -0.39 is 0 Å². The van der Waals surface area contributed by atoms with Crippen LogP contribution in [-0.4, -0.2) is 0 Å². The fourth-order valence-corrected chi connectivity index (χ4v) is 2.38. The molecule has 0 bridgehead atoms. The third-order valence-electron chi connectivity index (χ3n) is 3.35. The lowest BCUT2D eigenvalue weighted by atomic mass is 9.97. The first-order chi connectivity index (χ1) is 9.65. The second-order valence-electron chi connectivity index (χ2n) is 5.60. The van der Waals surface area contributed by atoms with Crippen molar-refractivity contribution < 1.29 is 4.39 Å². The van der Waals surface area contributed by atoms with Gasteiger partial charge in [0.15, 0.2) is 0 Å². The molecule has 0 aliphatic heterocycles. The van der Waals surface area contributed by atoms with Crippen molar-refractivity contribution in [2.45, 2.75) is 32.9 Å². The summed E-state index contributed by atoms with van der Waals surface area (Å²) >= 11 is 0. The summed E-state index contributed by atoms with van der Waals surface area (Å²) in [5.41, 5.74) is 2.27. The van der Waals surface area contributed by atoms with E-state index in [4.69, 9.17) is 0 Å².